The van der Waals surface area contributed by atoms with Crippen LogP contribution in [0.2, 0.25) is 0 Å². The number of rotatable bonds is 5. The van der Waals surface area contributed by atoms with Gasteiger partial charge in [-0.05, 0) is 13.0 Å². The summed E-state index contributed by atoms with van der Waals surface area (Å²) >= 11 is 1.17. The molecule has 2 aromatic rings. The number of halogens is 1. The number of thiophene rings is 1. The zero-order valence-electron chi connectivity index (χ0n) is 10.1. The van der Waals surface area contributed by atoms with Crippen LogP contribution < -0.4 is 9.47 Å². The van der Waals surface area contributed by atoms with Gasteiger partial charge in [-0.2, -0.15) is 0 Å². The zero-order chi connectivity index (χ0) is 13.0. The molecule has 19 heavy (non-hydrogen) atoms. The van der Waals surface area contributed by atoms with E-state index in [1.54, 1.807) is 18.6 Å². The summed E-state index contributed by atoms with van der Waals surface area (Å²) in [4.78, 5) is 14.3. The second kappa shape index (κ2) is 7.01. The molecule has 0 amide bonds. The fourth-order valence-corrected chi connectivity index (χ4v) is 2.27. The molecule has 2 rings (SSSR count). The van der Waals surface area contributed by atoms with E-state index in [9.17, 15) is 4.79 Å². The Balaban J connectivity index is 0.00000180. The smallest absolute Gasteiger partial charge is 0.482 e. The first-order valence-electron chi connectivity index (χ1n) is 5.25. The number of hydrogen-bond donors (Lipinski definition) is 1. The van der Waals surface area contributed by atoms with Crippen molar-refractivity contribution in [3.63, 3.8) is 0 Å². The third-order valence-corrected chi connectivity index (χ3v) is 3.21. The van der Waals surface area contributed by atoms with Gasteiger partial charge in [-0.15, -0.1) is 12.4 Å². The maximum absolute atomic E-state index is 10.4. The van der Waals surface area contributed by atoms with Crippen LogP contribution in [-0.2, 0) is 6.54 Å². The molecule has 0 fully saturated rings. The third kappa shape index (κ3) is 4.46. The Morgan fingerprint density at radius 3 is 3.00 bits per heavy atom. The number of hydrogen-bond acceptors (Lipinski definition) is 5. The van der Waals surface area contributed by atoms with Gasteiger partial charge in [-0.1, -0.05) is 11.3 Å². The highest BCUT2D eigenvalue weighted by molar-refractivity contribution is 7.15. The van der Waals surface area contributed by atoms with Gasteiger partial charge in [0.15, 0.2) is 10.1 Å². The zero-order valence-corrected chi connectivity index (χ0v) is 11.7. The number of aryl methyl sites for hydroxylation is 1. The quantitative estimate of drug-likeness (QED) is 0.860. The monoisotopic (exact) mass is 304 g/mol. The molecule has 1 N–H and O–H groups in total. The Hall–Kier alpha value is -1.73. The lowest BCUT2D eigenvalue weighted by atomic mass is 10.4. The van der Waals surface area contributed by atoms with Crippen molar-refractivity contribution in [3.8, 4) is 10.1 Å². The maximum atomic E-state index is 10.4. The lowest BCUT2D eigenvalue weighted by molar-refractivity contribution is 0.146. The SMILES string of the molecule is Cc1cc(OC(=O)O)sc1OCCn1ccnc1.Cl. The van der Waals surface area contributed by atoms with E-state index < -0.39 is 6.16 Å². The summed E-state index contributed by atoms with van der Waals surface area (Å²) in [6.45, 7) is 3.02. The molecule has 0 saturated heterocycles. The average molecular weight is 305 g/mol. The molecule has 0 bridgehead atoms. The number of aromatic nitrogens is 2. The van der Waals surface area contributed by atoms with Gasteiger partial charge >= 0.3 is 6.16 Å². The van der Waals surface area contributed by atoms with E-state index in [1.807, 2.05) is 17.7 Å². The van der Waals surface area contributed by atoms with Crippen molar-refractivity contribution >= 4 is 29.9 Å². The standard InChI is InChI=1S/C11H12N2O4S.ClH/c1-8-6-9(17-11(14)15)18-10(8)16-5-4-13-3-2-12-7-13;/h2-3,6-7H,4-5H2,1H3,(H,14,15);1H. The first-order valence-corrected chi connectivity index (χ1v) is 6.06. The second-order valence-corrected chi connectivity index (χ2v) is 4.53. The van der Waals surface area contributed by atoms with Gasteiger partial charge in [0.2, 0.25) is 0 Å². The number of nitrogens with zero attached hydrogens (tertiary/aromatic N) is 2. The molecule has 0 radical (unpaired) electrons. The lowest BCUT2D eigenvalue weighted by Crippen LogP contribution is -2.06. The Labute approximate surface area is 120 Å². The molecule has 0 unspecified atom stereocenters. The van der Waals surface area contributed by atoms with Crippen LogP contribution in [0.4, 0.5) is 4.79 Å². The lowest BCUT2D eigenvalue weighted by Gasteiger charge is -2.04. The van der Waals surface area contributed by atoms with E-state index in [0.717, 1.165) is 5.56 Å². The molecule has 0 atom stereocenters. The molecule has 0 aromatic carbocycles. The second-order valence-electron chi connectivity index (χ2n) is 3.55. The van der Waals surface area contributed by atoms with Crippen LogP contribution in [-0.4, -0.2) is 27.4 Å². The number of carbonyl (C=O) groups is 1. The van der Waals surface area contributed by atoms with Crippen LogP contribution in [0.3, 0.4) is 0 Å². The third-order valence-electron chi connectivity index (χ3n) is 2.18. The molecule has 0 aliphatic heterocycles. The van der Waals surface area contributed by atoms with E-state index >= 15 is 0 Å². The predicted molar refractivity (Wildman–Crippen MR) is 72.7 cm³/mol. The number of carboxylic acid groups (broad SMARTS) is 1. The summed E-state index contributed by atoms with van der Waals surface area (Å²) in [7, 11) is 0. The Morgan fingerprint density at radius 1 is 1.58 bits per heavy atom. The van der Waals surface area contributed by atoms with Crippen LogP contribution in [0.25, 0.3) is 0 Å². The van der Waals surface area contributed by atoms with Crippen LogP contribution >= 0.6 is 23.7 Å². The first kappa shape index (κ1) is 15.3. The van der Waals surface area contributed by atoms with E-state index in [0.29, 0.717) is 23.3 Å². The normalized spacial score (nSPS) is 9.74. The fraction of sp³-hybridized carbons (Fsp3) is 0.273. The van der Waals surface area contributed by atoms with Crippen LogP contribution in [0.1, 0.15) is 5.56 Å². The maximum Gasteiger partial charge on any atom is 0.512 e. The highest BCUT2D eigenvalue weighted by Crippen LogP contribution is 2.35. The van der Waals surface area contributed by atoms with Crippen LogP contribution in [0.15, 0.2) is 24.8 Å². The molecule has 2 heterocycles. The van der Waals surface area contributed by atoms with Gasteiger partial charge in [0, 0.05) is 18.0 Å². The van der Waals surface area contributed by atoms with Gasteiger partial charge in [-0.25, -0.2) is 9.78 Å². The van der Waals surface area contributed by atoms with Crippen molar-refractivity contribution in [1.29, 1.82) is 0 Å². The molecule has 0 saturated carbocycles. The van der Waals surface area contributed by atoms with Crippen molar-refractivity contribution in [3.05, 3.63) is 30.4 Å². The van der Waals surface area contributed by atoms with Crippen LogP contribution in [0, 0.1) is 6.92 Å². The van der Waals surface area contributed by atoms with Crippen molar-refractivity contribution in [2.75, 3.05) is 6.61 Å². The van der Waals surface area contributed by atoms with E-state index in [1.165, 1.54) is 11.3 Å². The minimum atomic E-state index is -1.32. The highest BCUT2D eigenvalue weighted by Gasteiger charge is 2.10. The van der Waals surface area contributed by atoms with Gasteiger partial charge in [0.05, 0.1) is 12.9 Å². The first-order chi connectivity index (χ1) is 8.65. The van der Waals surface area contributed by atoms with E-state index in [2.05, 4.69) is 9.72 Å². The minimum absolute atomic E-state index is 0. The van der Waals surface area contributed by atoms with E-state index in [-0.39, 0.29) is 12.4 Å². The predicted octanol–water partition coefficient (Wildman–Crippen LogP) is 2.81. The Kier molecular flexibility index (Phi) is 5.65. The number of ether oxygens (including phenoxy) is 2. The van der Waals surface area contributed by atoms with Crippen molar-refractivity contribution < 1.29 is 19.4 Å². The molecule has 0 aliphatic carbocycles. The van der Waals surface area contributed by atoms with Crippen molar-refractivity contribution in [2.24, 2.45) is 0 Å². The molecular formula is C11H13ClN2O4S. The van der Waals surface area contributed by atoms with Gasteiger partial charge in [0.25, 0.3) is 0 Å². The van der Waals surface area contributed by atoms with Gasteiger partial charge in [0.1, 0.15) is 6.61 Å². The summed E-state index contributed by atoms with van der Waals surface area (Å²) in [6, 6.07) is 1.64. The molecule has 2 aromatic heterocycles. The van der Waals surface area contributed by atoms with Crippen LogP contribution in [0.5, 0.6) is 10.1 Å². The Morgan fingerprint density at radius 2 is 2.37 bits per heavy atom. The van der Waals surface area contributed by atoms with Crippen molar-refractivity contribution in [2.45, 2.75) is 13.5 Å². The van der Waals surface area contributed by atoms with Crippen molar-refractivity contribution in [1.82, 2.24) is 9.55 Å². The molecule has 8 heteroatoms. The molecule has 6 nitrogen and oxygen atoms in total. The van der Waals surface area contributed by atoms with E-state index in [4.69, 9.17) is 9.84 Å². The summed E-state index contributed by atoms with van der Waals surface area (Å²) in [5, 5.41) is 9.49. The van der Waals surface area contributed by atoms with Gasteiger partial charge in [-0.3, -0.25) is 0 Å². The summed E-state index contributed by atoms with van der Waals surface area (Å²) in [5.74, 6) is 0. The average Bonchev–Trinajstić information content (AvgIpc) is 2.89. The minimum Gasteiger partial charge on any atom is -0.482 e. The van der Waals surface area contributed by atoms with Gasteiger partial charge < -0.3 is 19.1 Å². The topological polar surface area (TPSA) is 73.6 Å². The molecular weight excluding hydrogens is 292 g/mol. The molecule has 0 aliphatic rings. The number of imidazole rings is 1. The molecule has 104 valence electrons. The fourth-order valence-electron chi connectivity index (χ4n) is 1.38. The largest absolute Gasteiger partial charge is 0.512 e. The summed E-state index contributed by atoms with van der Waals surface area (Å²) in [6.07, 6.45) is 3.95. The molecule has 0 spiro atoms. The summed E-state index contributed by atoms with van der Waals surface area (Å²) in [5.41, 5.74) is 0.863. The Bertz CT molecular complexity index is 527. The highest BCUT2D eigenvalue weighted by atomic mass is 35.5. The summed E-state index contributed by atoms with van der Waals surface area (Å²) < 4.78 is 12.0.